The number of sulfone groups is 1. The van der Waals surface area contributed by atoms with Crippen molar-refractivity contribution in [2.45, 2.75) is 62.1 Å². The number of hydrogen-bond acceptors (Lipinski definition) is 9. The molecule has 1 fully saturated rings. The average molecular weight is 686 g/mol. The summed E-state index contributed by atoms with van der Waals surface area (Å²) in [6.07, 6.45) is -1.77. The Morgan fingerprint density at radius 2 is 1.91 bits per heavy atom. The van der Waals surface area contributed by atoms with Crippen LogP contribution in [0, 0.1) is 11.0 Å². The fourth-order valence-corrected chi connectivity index (χ4v) is 7.00. The number of hydroxylamine groups is 3. The van der Waals surface area contributed by atoms with E-state index in [1.807, 2.05) is 0 Å². The summed E-state index contributed by atoms with van der Waals surface area (Å²) in [5.74, 6) is -9.17. The zero-order valence-electron chi connectivity index (χ0n) is 25.2. The number of alkyl carbamates (subject to hydrolysis) is 1. The minimum atomic E-state index is -4.44. The second kappa shape index (κ2) is 11.8. The number of alkyl halides is 2. The number of likely N-dealkylation sites (tertiary alicyclic amines) is 1. The average Bonchev–Trinajstić information content (AvgIpc) is 3.40. The molecule has 1 aromatic heterocycles. The maximum absolute atomic E-state index is 15.7. The maximum atomic E-state index is 15.7. The minimum absolute atomic E-state index is 0.237. The van der Waals surface area contributed by atoms with E-state index in [0.717, 1.165) is 11.0 Å². The number of quaternary nitrogens is 1. The van der Waals surface area contributed by atoms with E-state index < -0.39 is 96.7 Å². The Labute approximate surface area is 267 Å². The molecule has 12 nitrogen and oxygen atoms in total. The Hall–Kier alpha value is -3.73. The van der Waals surface area contributed by atoms with Crippen LogP contribution in [-0.2, 0) is 25.9 Å². The van der Waals surface area contributed by atoms with E-state index >= 15 is 4.39 Å². The first-order valence-electron chi connectivity index (χ1n) is 14.1. The lowest BCUT2D eigenvalue weighted by Crippen LogP contribution is -2.53. The lowest BCUT2D eigenvalue weighted by atomic mass is 9.93. The standard InChI is InChI=1S/C29H31ClF3N5O7S/c1-28(2,3)45-27(40)34-21-15-46(42,43)23-12-20(31)18(11-22(23)37(26(21)39)13-16-5-7-17(30)8-6-16)24-35-36-25(44-24)19-14-38(4,41)10-9-29(19,32)33/h5-8,11-12,19,21H,9-10,13-15H2,1-4H3,(H,34,40)/t19?,21-,38?/m0/s1. The van der Waals surface area contributed by atoms with E-state index in [0.29, 0.717) is 16.7 Å². The molecule has 0 aliphatic carbocycles. The first-order valence-corrected chi connectivity index (χ1v) is 16.2. The number of halogens is 4. The molecule has 0 radical (unpaired) electrons. The molecule has 1 saturated heterocycles. The number of fused-ring (bicyclic) bond motifs is 1. The number of anilines is 1. The van der Waals surface area contributed by atoms with E-state index in [1.165, 1.54) is 7.05 Å². The van der Waals surface area contributed by atoms with Crippen molar-refractivity contribution in [2.75, 3.05) is 30.8 Å². The monoisotopic (exact) mass is 685 g/mol. The van der Waals surface area contributed by atoms with Crippen LogP contribution in [0.1, 0.15) is 44.6 Å². The van der Waals surface area contributed by atoms with Gasteiger partial charge in [-0.05, 0) is 50.6 Å². The molecule has 2 amide bonds. The summed E-state index contributed by atoms with van der Waals surface area (Å²) in [4.78, 5) is 27.0. The Kier molecular flexibility index (Phi) is 8.64. The number of benzene rings is 2. The molecular formula is C29H31ClF3N5O7S. The molecular weight excluding hydrogens is 655 g/mol. The fourth-order valence-electron chi connectivity index (χ4n) is 5.26. The van der Waals surface area contributed by atoms with Crippen molar-refractivity contribution < 1.29 is 45.0 Å². The number of likely N-dealkylation sites (N-methyl/N-ethyl adjacent to an activating group) is 1. The van der Waals surface area contributed by atoms with Gasteiger partial charge in [-0.1, -0.05) is 23.7 Å². The largest absolute Gasteiger partial charge is 0.633 e. The van der Waals surface area contributed by atoms with Crippen LogP contribution in [0.2, 0.25) is 5.02 Å². The van der Waals surface area contributed by atoms with Gasteiger partial charge in [0.2, 0.25) is 5.89 Å². The molecule has 3 heterocycles. The third-order valence-electron chi connectivity index (χ3n) is 7.54. The van der Waals surface area contributed by atoms with E-state index in [9.17, 15) is 32.0 Å². The summed E-state index contributed by atoms with van der Waals surface area (Å²) in [5, 5.41) is 22.6. The Bertz CT molecular complexity index is 1780. The third-order valence-corrected chi connectivity index (χ3v) is 9.56. The number of rotatable bonds is 5. The molecule has 17 heteroatoms. The molecule has 3 aromatic rings. The van der Waals surface area contributed by atoms with E-state index in [4.69, 9.17) is 20.8 Å². The smallest absolute Gasteiger partial charge is 0.408 e. The van der Waals surface area contributed by atoms with E-state index in [-0.39, 0.29) is 18.8 Å². The number of carbonyl (C=O) groups excluding carboxylic acids is 2. The summed E-state index contributed by atoms with van der Waals surface area (Å²) in [5.41, 5.74) is -1.21. The van der Waals surface area contributed by atoms with Crippen LogP contribution < -0.4 is 10.2 Å². The number of piperidine rings is 1. The van der Waals surface area contributed by atoms with Gasteiger partial charge in [0.1, 0.15) is 17.5 Å². The number of nitrogens with zero attached hydrogens (tertiary/aromatic N) is 4. The van der Waals surface area contributed by atoms with Crippen LogP contribution >= 0.6 is 11.6 Å². The topological polar surface area (TPSA) is 155 Å². The number of nitrogens with one attached hydrogen (secondary N) is 1. The predicted octanol–water partition coefficient (Wildman–Crippen LogP) is 4.81. The normalized spacial score (nSPS) is 24.2. The highest BCUT2D eigenvalue weighted by molar-refractivity contribution is 7.91. The number of amides is 2. The quantitative estimate of drug-likeness (QED) is 0.294. The second-order valence-electron chi connectivity index (χ2n) is 12.5. The van der Waals surface area contributed by atoms with Crippen molar-refractivity contribution in [1.29, 1.82) is 0 Å². The highest BCUT2D eigenvalue weighted by Gasteiger charge is 2.51. The number of ether oxygens (including phenoxy) is 1. The predicted molar refractivity (Wildman–Crippen MR) is 159 cm³/mol. The van der Waals surface area contributed by atoms with Gasteiger partial charge in [-0.2, -0.15) is 0 Å². The minimum Gasteiger partial charge on any atom is -0.633 e. The summed E-state index contributed by atoms with van der Waals surface area (Å²) in [7, 11) is -3.20. The Morgan fingerprint density at radius 3 is 2.57 bits per heavy atom. The molecule has 0 saturated carbocycles. The van der Waals surface area contributed by atoms with Crippen LogP contribution in [0.5, 0.6) is 0 Å². The van der Waals surface area contributed by atoms with Crippen LogP contribution in [0.3, 0.4) is 0 Å². The second-order valence-corrected chi connectivity index (χ2v) is 15.0. The number of hydrogen-bond donors (Lipinski definition) is 1. The molecule has 2 aliphatic heterocycles. The van der Waals surface area contributed by atoms with Crippen molar-refractivity contribution in [3.63, 3.8) is 0 Å². The van der Waals surface area contributed by atoms with Crippen molar-refractivity contribution >= 4 is 39.1 Å². The van der Waals surface area contributed by atoms with Crippen LogP contribution in [0.15, 0.2) is 45.7 Å². The molecule has 2 aromatic carbocycles. The highest BCUT2D eigenvalue weighted by Crippen LogP contribution is 2.43. The van der Waals surface area contributed by atoms with Crippen molar-refractivity contribution in [1.82, 2.24) is 15.5 Å². The first kappa shape index (κ1) is 33.6. The lowest BCUT2D eigenvalue weighted by molar-refractivity contribution is -0.871. The molecule has 3 atom stereocenters. The highest BCUT2D eigenvalue weighted by atomic mass is 35.5. The summed E-state index contributed by atoms with van der Waals surface area (Å²) in [6.45, 7) is 3.64. The number of aromatic nitrogens is 2. The van der Waals surface area contributed by atoms with Gasteiger partial charge in [0, 0.05) is 5.02 Å². The van der Waals surface area contributed by atoms with Crippen LogP contribution in [0.4, 0.5) is 23.7 Å². The van der Waals surface area contributed by atoms with Gasteiger partial charge < -0.3 is 29.2 Å². The molecule has 248 valence electrons. The van der Waals surface area contributed by atoms with Gasteiger partial charge in [0.25, 0.3) is 17.7 Å². The third kappa shape index (κ3) is 7.14. The van der Waals surface area contributed by atoms with Crippen molar-refractivity contribution in [3.05, 3.63) is 63.9 Å². The zero-order chi connectivity index (χ0) is 33.8. The van der Waals surface area contributed by atoms with Crippen molar-refractivity contribution in [2.24, 2.45) is 0 Å². The van der Waals surface area contributed by atoms with Crippen molar-refractivity contribution in [3.8, 4) is 11.5 Å². The van der Waals surface area contributed by atoms with Gasteiger partial charge in [-0.3, -0.25) is 4.79 Å². The molecule has 0 spiro atoms. The molecule has 5 rings (SSSR count). The van der Waals surface area contributed by atoms with Crippen LogP contribution in [0.25, 0.3) is 11.5 Å². The summed E-state index contributed by atoms with van der Waals surface area (Å²) < 4.78 is 82.1. The van der Waals surface area contributed by atoms with Gasteiger partial charge in [0.05, 0.1) is 55.0 Å². The van der Waals surface area contributed by atoms with Gasteiger partial charge >= 0.3 is 6.09 Å². The Balaban J connectivity index is 1.59. The number of carbonyl (C=O) groups is 2. The summed E-state index contributed by atoms with van der Waals surface area (Å²) >= 11 is 6.01. The van der Waals surface area contributed by atoms with Gasteiger partial charge in [-0.25, -0.2) is 26.4 Å². The zero-order valence-corrected chi connectivity index (χ0v) is 26.8. The van der Waals surface area contributed by atoms with Gasteiger partial charge in [-0.15, -0.1) is 10.2 Å². The molecule has 2 aliphatic rings. The molecule has 46 heavy (non-hydrogen) atoms. The molecule has 2 unspecified atom stereocenters. The van der Waals surface area contributed by atoms with Gasteiger partial charge in [0.15, 0.2) is 15.8 Å². The lowest BCUT2D eigenvalue weighted by Gasteiger charge is -2.46. The van der Waals surface area contributed by atoms with E-state index in [1.54, 1.807) is 45.0 Å². The molecule has 0 bridgehead atoms. The summed E-state index contributed by atoms with van der Waals surface area (Å²) in [6, 6.07) is 6.32. The van der Waals surface area contributed by atoms with E-state index in [2.05, 4.69) is 15.5 Å². The first-order chi connectivity index (χ1) is 21.2. The maximum Gasteiger partial charge on any atom is 0.408 e. The van der Waals surface area contributed by atoms with Crippen LogP contribution in [-0.4, -0.2) is 78.7 Å². The SMILES string of the molecule is CC(C)(C)OC(=O)N[C@H]1CS(=O)(=O)c2cc(F)c(-c3nnc(C4C[N+](C)([O-])CCC4(F)F)o3)cc2N(Cc2ccc(Cl)cc2)C1=O. The molecule has 1 N–H and O–H groups in total. The fraction of sp³-hybridized carbons (Fsp3) is 0.448. The Morgan fingerprint density at radius 1 is 1.24 bits per heavy atom.